The summed E-state index contributed by atoms with van der Waals surface area (Å²) in [5, 5.41) is 18.5. The molecule has 0 bridgehead atoms. The Hall–Kier alpha value is -0.610. The molecule has 0 spiro atoms. The fourth-order valence-electron chi connectivity index (χ4n) is 1.64. The highest BCUT2D eigenvalue weighted by molar-refractivity contribution is 5.77. The van der Waals surface area contributed by atoms with Crippen molar-refractivity contribution in [3.05, 3.63) is 0 Å². The fraction of sp³-hybridized carbons (Fsp3) is 0.875. The Bertz CT molecular complexity index is 195. The molecule has 0 aromatic heterocycles. The van der Waals surface area contributed by atoms with Gasteiger partial charge in [-0.15, -0.1) is 0 Å². The van der Waals surface area contributed by atoms with Crippen LogP contribution in [0.15, 0.2) is 0 Å². The number of likely N-dealkylation sites (tertiary alicyclic amines) is 1. The second-order valence-corrected chi connectivity index (χ2v) is 3.64. The van der Waals surface area contributed by atoms with Gasteiger partial charge in [0.2, 0.25) is 0 Å². The Balaban J connectivity index is 2.72. The zero-order chi connectivity index (χ0) is 9.35. The summed E-state index contributed by atoms with van der Waals surface area (Å²) in [6.07, 6.45) is 0.319. The van der Waals surface area contributed by atoms with Crippen LogP contribution in [0.4, 0.5) is 0 Å². The van der Waals surface area contributed by atoms with E-state index < -0.39 is 11.6 Å². The predicted molar refractivity (Wildman–Crippen MR) is 43.9 cm³/mol. The molecule has 0 amide bonds. The highest BCUT2D eigenvalue weighted by Gasteiger charge is 2.44. The van der Waals surface area contributed by atoms with Gasteiger partial charge in [-0.3, -0.25) is 0 Å². The first-order valence-corrected chi connectivity index (χ1v) is 4.11. The number of carboxylic acids is 1. The molecule has 1 fully saturated rings. The first kappa shape index (κ1) is 9.48. The average molecular weight is 173 g/mol. The lowest BCUT2D eigenvalue weighted by Gasteiger charge is -2.38. The number of piperidine rings is 1. The lowest BCUT2D eigenvalue weighted by molar-refractivity contribution is -0.170. The number of hydrogen-bond acceptors (Lipinski definition) is 3. The van der Waals surface area contributed by atoms with E-state index in [1.165, 1.54) is 0 Å². The first-order chi connectivity index (χ1) is 5.47. The van der Waals surface area contributed by atoms with Gasteiger partial charge >= 0.3 is 5.97 Å². The Morgan fingerprint density at radius 2 is 2.25 bits per heavy atom. The number of rotatable bonds is 1. The lowest BCUT2D eigenvalue weighted by atomic mass is 9.82. The van der Waals surface area contributed by atoms with E-state index in [1.54, 1.807) is 6.92 Å². The van der Waals surface area contributed by atoms with Gasteiger partial charge in [-0.05, 0) is 13.5 Å². The molecular weight excluding hydrogens is 158 g/mol. The number of aliphatic hydroxyl groups is 1. The number of carboxylic acid groups (broad SMARTS) is 1. The van der Waals surface area contributed by atoms with Crippen LogP contribution in [0.1, 0.15) is 13.3 Å². The van der Waals surface area contributed by atoms with Crippen LogP contribution >= 0.6 is 0 Å². The molecule has 1 aliphatic heterocycles. The van der Waals surface area contributed by atoms with Crippen molar-refractivity contribution in [2.45, 2.75) is 18.9 Å². The minimum Gasteiger partial charge on any atom is -0.479 e. The van der Waals surface area contributed by atoms with Crippen LogP contribution in [0, 0.1) is 5.92 Å². The van der Waals surface area contributed by atoms with E-state index in [1.807, 2.05) is 11.9 Å². The molecule has 12 heavy (non-hydrogen) atoms. The van der Waals surface area contributed by atoms with Crippen molar-refractivity contribution in [1.82, 2.24) is 4.90 Å². The van der Waals surface area contributed by atoms with Gasteiger partial charge in [-0.25, -0.2) is 4.79 Å². The Morgan fingerprint density at radius 1 is 1.67 bits per heavy atom. The maximum absolute atomic E-state index is 10.7. The van der Waals surface area contributed by atoms with Crippen LogP contribution in [-0.2, 0) is 4.79 Å². The van der Waals surface area contributed by atoms with Crippen molar-refractivity contribution in [2.75, 3.05) is 20.1 Å². The molecule has 0 aromatic carbocycles. The van der Waals surface area contributed by atoms with E-state index in [0.717, 1.165) is 0 Å². The van der Waals surface area contributed by atoms with Crippen molar-refractivity contribution in [1.29, 1.82) is 0 Å². The molecule has 0 aliphatic carbocycles. The van der Waals surface area contributed by atoms with Crippen LogP contribution in [0.5, 0.6) is 0 Å². The maximum Gasteiger partial charge on any atom is 0.336 e. The Labute approximate surface area is 71.8 Å². The topological polar surface area (TPSA) is 60.8 Å². The van der Waals surface area contributed by atoms with Crippen molar-refractivity contribution in [2.24, 2.45) is 5.92 Å². The van der Waals surface area contributed by atoms with E-state index in [4.69, 9.17) is 5.11 Å². The maximum atomic E-state index is 10.7. The van der Waals surface area contributed by atoms with Gasteiger partial charge in [0.25, 0.3) is 0 Å². The molecule has 2 atom stereocenters. The summed E-state index contributed by atoms with van der Waals surface area (Å²) in [6, 6.07) is 0. The van der Waals surface area contributed by atoms with Crippen LogP contribution in [0.25, 0.3) is 0 Å². The molecule has 1 aliphatic rings. The molecule has 1 saturated heterocycles. The minimum absolute atomic E-state index is 0.200. The lowest BCUT2D eigenvalue weighted by Crippen LogP contribution is -2.54. The minimum atomic E-state index is -1.51. The SMILES string of the molecule is C[C@@H]1CN(C)CC[C@@]1(O)C(=O)O. The molecule has 1 rings (SSSR count). The molecule has 2 N–H and O–H groups in total. The monoisotopic (exact) mass is 173 g/mol. The fourth-order valence-corrected chi connectivity index (χ4v) is 1.64. The van der Waals surface area contributed by atoms with Crippen molar-refractivity contribution in [3.8, 4) is 0 Å². The summed E-state index contributed by atoms with van der Waals surface area (Å²) in [5.41, 5.74) is -1.51. The van der Waals surface area contributed by atoms with E-state index >= 15 is 0 Å². The third-order valence-electron chi connectivity index (χ3n) is 2.65. The van der Waals surface area contributed by atoms with Gasteiger partial charge in [-0.2, -0.15) is 0 Å². The molecule has 1 heterocycles. The number of nitrogens with zero attached hydrogens (tertiary/aromatic N) is 1. The molecule has 4 heteroatoms. The summed E-state index contributed by atoms with van der Waals surface area (Å²) >= 11 is 0. The van der Waals surface area contributed by atoms with Crippen LogP contribution in [0.3, 0.4) is 0 Å². The summed E-state index contributed by atoms with van der Waals surface area (Å²) in [6.45, 7) is 3.06. The smallest absolute Gasteiger partial charge is 0.336 e. The van der Waals surface area contributed by atoms with E-state index in [-0.39, 0.29) is 5.92 Å². The summed E-state index contributed by atoms with van der Waals surface area (Å²) in [5.74, 6) is -1.29. The zero-order valence-electron chi connectivity index (χ0n) is 7.45. The van der Waals surface area contributed by atoms with Gasteiger partial charge in [0, 0.05) is 19.0 Å². The van der Waals surface area contributed by atoms with Crippen molar-refractivity contribution >= 4 is 5.97 Å². The second-order valence-electron chi connectivity index (χ2n) is 3.64. The molecule has 0 aromatic rings. The average Bonchev–Trinajstić information content (AvgIpc) is 1.97. The molecular formula is C8H15NO3. The van der Waals surface area contributed by atoms with Crippen LogP contribution in [-0.4, -0.2) is 46.8 Å². The molecule has 0 unspecified atom stereocenters. The van der Waals surface area contributed by atoms with E-state index in [9.17, 15) is 9.90 Å². The van der Waals surface area contributed by atoms with Gasteiger partial charge in [0.1, 0.15) is 0 Å². The molecule has 0 radical (unpaired) electrons. The third kappa shape index (κ3) is 1.44. The second kappa shape index (κ2) is 3.03. The molecule has 70 valence electrons. The van der Waals surface area contributed by atoms with E-state index in [2.05, 4.69) is 0 Å². The Kier molecular flexibility index (Phi) is 2.39. The molecule has 0 saturated carbocycles. The highest BCUT2D eigenvalue weighted by Crippen LogP contribution is 2.27. The Morgan fingerprint density at radius 3 is 2.67 bits per heavy atom. The first-order valence-electron chi connectivity index (χ1n) is 4.11. The highest BCUT2D eigenvalue weighted by atomic mass is 16.4. The predicted octanol–water partition coefficient (Wildman–Crippen LogP) is -0.226. The zero-order valence-corrected chi connectivity index (χ0v) is 7.45. The summed E-state index contributed by atoms with van der Waals surface area (Å²) < 4.78 is 0. The van der Waals surface area contributed by atoms with Gasteiger partial charge in [-0.1, -0.05) is 6.92 Å². The number of hydrogen-bond donors (Lipinski definition) is 2. The summed E-state index contributed by atoms with van der Waals surface area (Å²) in [4.78, 5) is 12.8. The quantitative estimate of drug-likeness (QED) is 0.575. The standard InChI is InChI=1S/C8H15NO3/c1-6-5-9(2)4-3-8(6,12)7(10)11/h6,12H,3-5H2,1-2H3,(H,10,11)/t6-,8+/m1/s1. The van der Waals surface area contributed by atoms with Crippen molar-refractivity contribution in [3.63, 3.8) is 0 Å². The molecule has 4 nitrogen and oxygen atoms in total. The van der Waals surface area contributed by atoms with Gasteiger partial charge < -0.3 is 15.1 Å². The van der Waals surface area contributed by atoms with Crippen LogP contribution in [0.2, 0.25) is 0 Å². The van der Waals surface area contributed by atoms with Gasteiger partial charge in [0.05, 0.1) is 0 Å². The largest absolute Gasteiger partial charge is 0.479 e. The number of carbonyl (C=O) groups is 1. The van der Waals surface area contributed by atoms with Crippen molar-refractivity contribution < 1.29 is 15.0 Å². The normalized spacial score (nSPS) is 38.1. The third-order valence-corrected chi connectivity index (χ3v) is 2.65. The van der Waals surface area contributed by atoms with Gasteiger partial charge in [0.15, 0.2) is 5.60 Å². The summed E-state index contributed by atoms with van der Waals surface area (Å²) in [7, 11) is 1.93. The van der Waals surface area contributed by atoms with E-state index in [0.29, 0.717) is 19.5 Å². The van der Waals surface area contributed by atoms with Crippen LogP contribution < -0.4 is 0 Å². The number of aliphatic carboxylic acids is 1.